The van der Waals surface area contributed by atoms with Gasteiger partial charge in [-0.05, 0) is 42.3 Å². The fourth-order valence-corrected chi connectivity index (χ4v) is 3.02. The normalized spacial score (nSPS) is 10.9. The van der Waals surface area contributed by atoms with Gasteiger partial charge >= 0.3 is 0 Å². The van der Waals surface area contributed by atoms with E-state index >= 15 is 0 Å². The molecule has 0 saturated heterocycles. The van der Waals surface area contributed by atoms with Crippen LogP contribution in [0.2, 0.25) is 0 Å². The zero-order chi connectivity index (χ0) is 20.0. The van der Waals surface area contributed by atoms with Crippen LogP contribution in [-0.4, -0.2) is 11.7 Å². The first-order valence-corrected chi connectivity index (χ1v) is 10.4. The first kappa shape index (κ1) is 21.6. The summed E-state index contributed by atoms with van der Waals surface area (Å²) < 4.78 is 0. The van der Waals surface area contributed by atoms with Gasteiger partial charge in [0.25, 0.3) is 0 Å². The lowest BCUT2D eigenvalue weighted by molar-refractivity contribution is -0.116. The third-order valence-electron chi connectivity index (χ3n) is 4.69. The maximum absolute atomic E-state index is 12.2. The molecule has 0 atom stereocenters. The zero-order valence-corrected chi connectivity index (χ0v) is 16.8. The van der Waals surface area contributed by atoms with Gasteiger partial charge in [-0.2, -0.15) is 0 Å². The van der Waals surface area contributed by atoms with Crippen LogP contribution in [0.3, 0.4) is 0 Å². The van der Waals surface area contributed by atoms with Crippen molar-refractivity contribution in [2.45, 2.75) is 58.3 Å². The number of hydrogen-bond acceptors (Lipinski definition) is 2. The van der Waals surface area contributed by atoms with Gasteiger partial charge in [-0.1, -0.05) is 81.9 Å². The van der Waals surface area contributed by atoms with Gasteiger partial charge in [0, 0.05) is 17.7 Å². The van der Waals surface area contributed by atoms with Crippen LogP contribution in [0.1, 0.15) is 74.2 Å². The highest BCUT2D eigenvalue weighted by Gasteiger charge is 2.05. The number of carbonyl (C=O) groups excluding carboxylic acids is 2. The molecule has 2 rings (SSSR count). The summed E-state index contributed by atoms with van der Waals surface area (Å²) in [7, 11) is 0. The maximum Gasteiger partial charge on any atom is 0.224 e. The summed E-state index contributed by atoms with van der Waals surface area (Å²) in [6, 6.07) is 16.8. The molecule has 1 amide bonds. The summed E-state index contributed by atoms with van der Waals surface area (Å²) in [4.78, 5) is 24.3. The molecule has 0 aliphatic heterocycles. The fraction of sp³-hybridized carbons (Fsp3) is 0.360. The average Bonchev–Trinajstić information content (AvgIpc) is 2.72. The SMILES string of the molecule is CCCCCCCCCC(=O)Nc1ccc(C(=O)/C=C/c2ccccc2)cc1. The van der Waals surface area contributed by atoms with Crippen molar-refractivity contribution in [3.8, 4) is 0 Å². The Bertz CT molecular complexity index is 748. The lowest BCUT2D eigenvalue weighted by Crippen LogP contribution is -2.11. The lowest BCUT2D eigenvalue weighted by Gasteiger charge is -2.06. The minimum atomic E-state index is -0.0511. The number of nitrogens with one attached hydrogen (secondary N) is 1. The van der Waals surface area contributed by atoms with Crippen LogP contribution in [0.5, 0.6) is 0 Å². The second kappa shape index (κ2) is 12.7. The zero-order valence-electron chi connectivity index (χ0n) is 16.8. The third kappa shape index (κ3) is 8.34. The van der Waals surface area contributed by atoms with Gasteiger partial charge < -0.3 is 5.32 Å². The van der Waals surface area contributed by atoms with Gasteiger partial charge in [-0.15, -0.1) is 0 Å². The first-order chi connectivity index (χ1) is 13.7. The van der Waals surface area contributed by atoms with E-state index < -0.39 is 0 Å². The smallest absolute Gasteiger partial charge is 0.224 e. The average molecular weight is 378 g/mol. The van der Waals surface area contributed by atoms with Gasteiger partial charge in [-0.25, -0.2) is 0 Å². The standard InChI is InChI=1S/C25H31NO2/c1-2-3-4-5-6-7-11-14-25(28)26-23-18-16-22(17-19-23)24(27)20-15-21-12-9-8-10-13-21/h8-10,12-13,15-20H,2-7,11,14H2,1H3,(H,26,28)/b20-15+. The Balaban J connectivity index is 1.72. The molecule has 2 aromatic carbocycles. The van der Waals surface area contributed by atoms with Crippen molar-refractivity contribution in [3.05, 3.63) is 71.8 Å². The van der Waals surface area contributed by atoms with E-state index in [0.29, 0.717) is 12.0 Å². The number of amides is 1. The Morgan fingerprint density at radius 3 is 2.14 bits per heavy atom. The molecule has 0 heterocycles. The molecule has 1 N–H and O–H groups in total. The van der Waals surface area contributed by atoms with Crippen LogP contribution >= 0.6 is 0 Å². The summed E-state index contributed by atoms with van der Waals surface area (Å²) in [5.41, 5.74) is 2.33. The molecule has 0 aliphatic rings. The van der Waals surface area contributed by atoms with E-state index in [0.717, 1.165) is 24.1 Å². The third-order valence-corrected chi connectivity index (χ3v) is 4.69. The molecule has 0 fully saturated rings. The molecule has 0 radical (unpaired) electrons. The molecule has 0 bridgehead atoms. The van der Waals surface area contributed by atoms with E-state index in [4.69, 9.17) is 0 Å². The number of unbranched alkanes of at least 4 members (excludes halogenated alkanes) is 6. The fourth-order valence-electron chi connectivity index (χ4n) is 3.02. The number of rotatable bonds is 12. The predicted molar refractivity (Wildman–Crippen MR) is 117 cm³/mol. The number of allylic oxidation sites excluding steroid dienone is 1. The Hall–Kier alpha value is -2.68. The highest BCUT2D eigenvalue weighted by molar-refractivity contribution is 6.07. The summed E-state index contributed by atoms with van der Waals surface area (Å²) in [5, 5.41) is 2.91. The molecule has 0 saturated carbocycles. The lowest BCUT2D eigenvalue weighted by atomic mass is 10.1. The van der Waals surface area contributed by atoms with E-state index in [1.165, 1.54) is 32.1 Å². The molecule has 28 heavy (non-hydrogen) atoms. The van der Waals surface area contributed by atoms with Crippen molar-refractivity contribution in [1.29, 1.82) is 0 Å². The largest absolute Gasteiger partial charge is 0.326 e. The predicted octanol–water partition coefficient (Wildman–Crippen LogP) is 6.66. The minimum Gasteiger partial charge on any atom is -0.326 e. The molecule has 0 aliphatic carbocycles. The molecule has 3 heteroatoms. The topological polar surface area (TPSA) is 46.2 Å². The number of ketones is 1. The van der Waals surface area contributed by atoms with E-state index in [-0.39, 0.29) is 11.7 Å². The van der Waals surface area contributed by atoms with Gasteiger partial charge in [-0.3, -0.25) is 9.59 Å². The summed E-state index contributed by atoms with van der Waals surface area (Å²) in [6.45, 7) is 2.22. The maximum atomic E-state index is 12.2. The Labute approximate surface area is 168 Å². The number of anilines is 1. The van der Waals surface area contributed by atoms with E-state index in [9.17, 15) is 9.59 Å². The van der Waals surface area contributed by atoms with E-state index in [2.05, 4.69) is 12.2 Å². The second-order valence-corrected chi connectivity index (χ2v) is 7.11. The van der Waals surface area contributed by atoms with Crippen LogP contribution in [0.25, 0.3) is 6.08 Å². The Kier molecular flexibility index (Phi) is 9.78. The molecule has 2 aromatic rings. The molecule has 0 spiro atoms. The highest BCUT2D eigenvalue weighted by atomic mass is 16.1. The molecule has 0 unspecified atom stereocenters. The van der Waals surface area contributed by atoms with Gasteiger partial charge in [0.15, 0.2) is 5.78 Å². The van der Waals surface area contributed by atoms with Gasteiger partial charge in [0.2, 0.25) is 5.91 Å². The monoisotopic (exact) mass is 377 g/mol. The van der Waals surface area contributed by atoms with Crippen molar-refractivity contribution in [1.82, 2.24) is 0 Å². The van der Waals surface area contributed by atoms with Gasteiger partial charge in [0.05, 0.1) is 0 Å². The molecular weight excluding hydrogens is 346 g/mol. The molecular formula is C25H31NO2. The van der Waals surface area contributed by atoms with E-state index in [1.807, 2.05) is 30.3 Å². The molecule has 0 aromatic heterocycles. The molecule has 3 nitrogen and oxygen atoms in total. The Morgan fingerprint density at radius 1 is 0.821 bits per heavy atom. The summed E-state index contributed by atoms with van der Waals surface area (Å²) >= 11 is 0. The van der Waals surface area contributed by atoms with Crippen LogP contribution in [0.15, 0.2) is 60.7 Å². The molecule has 148 valence electrons. The highest BCUT2D eigenvalue weighted by Crippen LogP contribution is 2.13. The first-order valence-electron chi connectivity index (χ1n) is 10.4. The van der Waals surface area contributed by atoms with Crippen LogP contribution < -0.4 is 5.32 Å². The second-order valence-electron chi connectivity index (χ2n) is 7.11. The Morgan fingerprint density at radius 2 is 1.46 bits per heavy atom. The van der Waals surface area contributed by atoms with Crippen LogP contribution in [0, 0.1) is 0 Å². The van der Waals surface area contributed by atoms with Crippen LogP contribution in [0.4, 0.5) is 5.69 Å². The van der Waals surface area contributed by atoms with Gasteiger partial charge in [0.1, 0.15) is 0 Å². The number of hydrogen-bond donors (Lipinski definition) is 1. The summed E-state index contributed by atoms with van der Waals surface area (Å²) in [5.74, 6) is -0.0126. The minimum absolute atomic E-state index is 0.0385. The van der Waals surface area contributed by atoms with Crippen molar-refractivity contribution in [2.75, 3.05) is 5.32 Å². The van der Waals surface area contributed by atoms with Crippen LogP contribution in [-0.2, 0) is 4.79 Å². The van der Waals surface area contributed by atoms with Crippen molar-refractivity contribution in [3.63, 3.8) is 0 Å². The number of carbonyl (C=O) groups is 2. The quantitative estimate of drug-likeness (QED) is 0.255. The van der Waals surface area contributed by atoms with E-state index in [1.54, 1.807) is 36.4 Å². The van der Waals surface area contributed by atoms with Crippen molar-refractivity contribution < 1.29 is 9.59 Å². The van der Waals surface area contributed by atoms with Crippen molar-refractivity contribution in [2.24, 2.45) is 0 Å². The number of benzene rings is 2. The summed E-state index contributed by atoms with van der Waals surface area (Å²) in [6.07, 6.45) is 12.3. The van der Waals surface area contributed by atoms with Crippen molar-refractivity contribution >= 4 is 23.5 Å².